The Bertz CT molecular complexity index is 948. The van der Waals surface area contributed by atoms with E-state index in [4.69, 9.17) is 16.2 Å². The second-order valence-electron chi connectivity index (χ2n) is 11.9. The summed E-state index contributed by atoms with van der Waals surface area (Å²) < 4.78 is 5.89. The normalized spacial score (nSPS) is 44.2. The summed E-state index contributed by atoms with van der Waals surface area (Å²) in [5.74, 6) is 1.39. The zero-order valence-corrected chi connectivity index (χ0v) is 19.9. The number of aliphatic carboxylic acids is 1. The maximum Gasteiger partial charge on any atom is 0.405 e. The number of carboxylic acids is 1. The Kier molecular flexibility index (Phi) is 5.22. The van der Waals surface area contributed by atoms with Crippen LogP contribution >= 0.6 is 0 Å². The van der Waals surface area contributed by atoms with Crippen molar-refractivity contribution in [1.29, 1.82) is 0 Å². The zero-order valence-electron chi connectivity index (χ0n) is 19.9. The summed E-state index contributed by atoms with van der Waals surface area (Å²) in [5.41, 5.74) is 12.6. The van der Waals surface area contributed by atoms with Gasteiger partial charge in [-0.15, -0.1) is 0 Å². The molecule has 5 rings (SSSR count). The summed E-state index contributed by atoms with van der Waals surface area (Å²) in [7, 11) is 0. The fourth-order valence-electron chi connectivity index (χ4n) is 9.03. The average Bonchev–Trinajstić information content (AvgIpc) is 3.12. The molecular weight excluding hydrogens is 416 g/mol. The zero-order chi connectivity index (χ0) is 23.6. The van der Waals surface area contributed by atoms with Crippen LogP contribution in [0.3, 0.4) is 0 Å². The summed E-state index contributed by atoms with van der Waals surface area (Å²) in [6.07, 6.45) is 8.06. The topological polar surface area (TPSA) is 116 Å². The number of nitrogens with two attached hydrogens (primary N) is 2. The molecule has 3 unspecified atom stereocenters. The number of hydrogen-bond acceptors (Lipinski definition) is 4. The second kappa shape index (κ2) is 7.64. The van der Waals surface area contributed by atoms with Crippen LogP contribution in [-0.4, -0.2) is 17.2 Å². The molecule has 1 aromatic carbocycles. The largest absolute Gasteiger partial charge is 0.481 e. The van der Waals surface area contributed by atoms with Gasteiger partial charge in [-0.3, -0.25) is 4.79 Å². The summed E-state index contributed by atoms with van der Waals surface area (Å²) in [4.78, 5) is 23.9. The highest BCUT2D eigenvalue weighted by atomic mass is 16.6. The summed E-state index contributed by atoms with van der Waals surface area (Å²) in [6, 6.07) is 7.69. The molecule has 0 spiro atoms. The molecule has 4 saturated carbocycles. The van der Waals surface area contributed by atoms with Crippen LogP contribution in [-0.2, 0) is 15.1 Å². The summed E-state index contributed by atoms with van der Waals surface area (Å²) in [6.45, 7) is 4.71. The monoisotopic (exact) mass is 454 g/mol. The molecular formula is C27H38N2O4. The highest BCUT2D eigenvalue weighted by molar-refractivity contribution is 5.71. The molecule has 0 heterocycles. The number of fused-ring (bicyclic) bond motifs is 5. The molecule has 0 bridgehead atoms. The Morgan fingerprint density at radius 2 is 1.64 bits per heavy atom. The standard InChI is InChI=1S/C27H38N2O4/c1-25-13-14-27(33-24(29)32,16-3-6-18(28)7-4-16)15-17(25)5-8-19-20-9-10-22(23(30)31)26(20,2)12-11-21(19)25/h3-4,6-7,17,19-22H,5,8-15,28H2,1-2H3,(H2,29,32)(H,30,31)/t17?,19-,20-,21-,22?,25-,26-,27?/m0/s1. The Morgan fingerprint density at radius 3 is 2.30 bits per heavy atom. The van der Waals surface area contributed by atoms with E-state index < -0.39 is 17.7 Å². The van der Waals surface area contributed by atoms with E-state index in [0.717, 1.165) is 63.4 Å². The summed E-state index contributed by atoms with van der Waals surface area (Å²) >= 11 is 0. The number of carbonyl (C=O) groups excluding carboxylic acids is 1. The van der Waals surface area contributed by atoms with Gasteiger partial charge in [-0.2, -0.15) is 0 Å². The molecule has 4 fully saturated rings. The van der Waals surface area contributed by atoms with Gasteiger partial charge in [0.25, 0.3) is 0 Å². The van der Waals surface area contributed by atoms with Gasteiger partial charge in [0.2, 0.25) is 0 Å². The SMILES string of the molecule is C[C@]12CCC(OC(N)=O)(c3ccc(N)cc3)CC1CC[C@@H]1[C@@H]2CC[C@]2(C)C(C(=O)O)CC[C@@H]12. The first kappa shape index (κ1) is 22.5. The van der Waals surface area contributed by atoms with Crippen LogP contribution in [0.2, 0.25) is 0 Å². The van der Waals surface area contributed by atoms with E-state index in [1.807, 2.05) is 24.3 Å². The molecule has 1 amide bonds. The van der Waals surface area contributed by atoms with Gasteiger partial charge in [0, 0.05) is 5.69 Å². The predicted octanol–water partition coefficient (Wildman–Crippen LogP) is 5.30. The smallest absolute Gasteiger partial charge is 0.405 e. The van der Waals surface area contributed by atoms with Gasteiger partial charge in [0.1, 0.15) is 5.60 Å². The van der Waals surface area contributed by atoms with Crippen molar-refractivity contribution >= 4 is 17.7 Å². The van der Waals surface area contributed by atoms with Crippen molar-refractivity contribution in [3.63, 3.8) is 0 Å². The third-order valence-corrected chi connectivity index (χ3v) is 10.7. The number of anilines is 1. The highest BCUT2D eigenvalue weighted by Gasteiger charge is 2.63. The van der Waals surface area contributed by atoms with Gasteiger partial charge in [-0.1, -0.05) is 26.0 Å². The first-order valence-corrected chi connectivity index (χ1v) is 12.7. The van der Waals surface area contributed by atoms with E-state index in [0.29, 0.717) is 29.4 Å². The van der Waals surface area contributed by atoms with E-state index in [1.165, 1.54) is 0 Å². The van der Waals surface area contributed by atoms with Crippen molar-refractivity contribution in [2.75, 3.05) is 5.73 Å². The van der Waals surface area contributed by atoms with Gasteiger partial charge >= 0.3 is 12.1 Å². The molecule has 0 aliphatic heterocycles. The Morgan fingerprint density at radius 1 is 0.939 bits per heavy atom. The Labute approximate surface area is 196 Å². The van der Waals surface area contributed by atoms with Crippen molar-refractivity contribution in [3.8, 4) is 0 Å². The van der Waals surface area contributed by atoms with E-state index in [9.17, 15) is 14.7 Å². The number of rotatable bonds is 3. The van der Waals surface area contributed by atoms with Gasteiger partial charge < -0.3 is 21.3 Å². The number of nitrogen functional groups attached to an aromatic ring is 1. The molecule has 0 radical (unpaired) electrons. The van der Waals surface area contributed by atoms with E-state index in [1.54, 1.807) is 0 Å². The van der Waals surface area contributed by atoms with E-state index in [-0.39, 0.29) is 16.7 Å². The van der Waals surface area contributed by atoms with Crippen molar-refractivity contribution in [2.24, 2.45) is 46.2 Å². The maximum atomic E-state index is 12.0. The van der Waals surface area contributed by atoms with Gasteiger partial charge in [0.05, 0.1) is 5.92 Å². The van der Waals surface area contributed by atoms with Gasteiger partial charge in [-0.25, -0.2) is 4.79 Å². The van der Waals surface area contributed by atoms with Crippen LogP contribution in [0.1, 0.15) is 77.2 Å². The highest BCUT2D eigenvalue weighted by Crippen LogP contribution is 2.68. The molecule has 1 aromatic rings. The van der Waals surface area contributed by atoms with Crippen LogP contribution < -0.4 is 11.5 Å². The quantitative estimate of drug-likeness (QED) is 0.536. The molecule has 0 aromatic heterocycles. The third-order valence-electron chi connectivity index (χ3n) is 10.7. The number of carbonyl (C=O) groups is 2. The van der Waals surface area contributed by atoms with E-state index in [2.05, 4.69) is 13.8 Å². The van der Waals surface area contributed by atoms with Crippen LogP contribution in [0.4, 0.5) is 10.5 Å². The molecule has 33 heavy (non-hydrogen) atoms. The van der Waals surface area contributed by atoms with Crippen molar-refractivity contribution < 1.29 is 19.4 Å². The predicted molar refractivity (Wildman–Crippen MR) is 126 cm³/mol. The van der Waals surface area contributed by atoms with Crippen molar-refractivity contribution in [1.82, 2.24) is 0 Å². The minimum absolute atomic E-state index is 0.0618. The molecule has 0 saturated heterocycles. The Balaban J connectivity index is 1.43. The number of benzene rings is 1. The lowest BCUT2D eigenvalue weighted by Gasteiger charge is -2.62. The second-order valence-corrected chi connectivity index (χ2v) is 11.9. The number of primary amides is 1. The molecule has 4 aliphatic carbocycles. The third kappa shape index (κ3) is 3.35. The molecule has 6 heteroatoms. The molecule has 6 nitrogen and oxygen atoms in total. The number of ether oxygens (including phenoxy) is 1. The molecule has 5 N–H and O–H groups in total. The van der Waals surface area contributed by atoms with Crippen LogP contribution in [0.5, 0.6) is 0 Å². The van der Waals surface area contributed by atoms with E-state index >= 15 is 0 Å². The minimum atomic E-state index is -0.719. The van der Waals surface area contributed by atoms with Crippen LogP contribution in [0.15, 0.2) is 24.3 Å². The van der Waals surface area contributed by atoms with Crippen LogP contribution in [0, 0.1) is 40.4 Å². The first-order chi connectivity index (χ1) is 15.6. The first-order valence-electron chi connectivity index (χ1n) is 12.7. The molecule has 4 aliphatic rings. The summed E-state index contributed by atoms with van der Waals surface area (Å²) in [5, 5.41) is 9.85. The Hall–Kier alpha value is -2.24. The van der Waals surface area contributed by atoms with Gasteiger partial charge in [0.15, 0.2) is 0 Å². The number of carboxylic acid groups (broad SMARTS) is 1. The lowest BCUT2D eigenvalue weighted by molar-refractivity contribution is -0.162. The van der Waals surface area contributed by atoms with Crippen molar-refractivity contribution in [2.45, 2.75) is 77.2 Å². The van der Waals surface area contributed by atoms with Gasteiger partial charge in [-0.05, 0) is 110 Å². The minimum Gasteiger partial charge on any atom is -0.481 e. The lowest BCUT2D eigenvalue weighted by Crippen LogP contribution is -2.56. The van der Waals surface area contributed by atoms with Crippen LogP contribution in [0.25, 0.3) is 0 Å². The maximum absolute atomic E-state index is 12.0. The fourth-order valence-corrected chi connectivity index (χ4v) is 9.03. The lowest BCUT2D eigenvalue weighted by atomic mass is 9.43. The average molecular weight is 455 g/mol. The molecule has 180 valence electrons. The fraction of sp³-hybridized carbons (Fsp3) is 0.704. The number of hydrogen-bond donors (Lipinski definition) is 3. The molecule has 8 atom stereocenters. The van der Waals surface area contributed by atoms with Crippen molar-refractivity contribution in [3.05, 3.63) is 29.8 Å². The number of amides is 1.